The Bertz CT molecular complexity index is 1030. The van der Waals surface area contributed by atoms with Gasteiger partial charge in [-0.3, -0.25) is 4.79 Å². The first-order valence-corrected chi connectivity index (χ1v) is 8.37. The van der Waals surface area contributed by atoms with Gasteiger partial charge in [0.15, 0.2) is 6.10 Å². The summed E-state index contributed by atoms with van der Waals surface area (Å²) in [5.74, 6) is -3.30. The van der Waals surface area contributed by atoms with Crippen molar-refractivity contribution < 1.29 is 32.3 Å². The molecule has 2 aromatic carbocycles. The molecule has 1 atom stereocenters. The number of hydrogen-bond acceptors (Lipinski definition) is 5. The van der Waals surface area contributed by atoms with Gasteiger partial charge in [-0.1, -0.05) is 18.2 Å². The topological polar surface area (TPSA) is 77.8 Å². The van der Waals surface area contributed by atoms with Crippen LogP contribution in [0, 0.1) is 11.6 Å². The predicted molar refractivity (Wildman–Crippen MR) is 96.8 cm³/mol. The minimum absolute atomic E-state index is 0.0837. The smallest absolute Gasteiger partial charge is 0.375 e. The molecule has 1 aromatic heterocycles. The molecule has 0 radical (unpaired) electrons. The molecule has 146 valence electrons. The summed E-state index contributed by atoms with van der Waals surface area (Å²) in [6.45, 7) is 1.42. The van der Waals surface area contributed by atoms with Gasteiger partial charge in [0, 0.05) is 24.1 Å². The molecule has 0 saturated carbocycles. The molecule has 0 aliphatic rings. The first-order chi connectivity index (χ1) is 13.4. The zero-order valence-electron chi connectivity index (χ0n) is 15.1. The van der Waals surface area contributed by atoms with E-state index < -0.39 is 29.6 Å². The number of anilines is 1. The monoisotopic (exact) mass is 389 g/mol. The highest BCUT2D eigenvalue weighted by molar-refractivity contribution is 5.99. The maximum absolute atomic E-state index is 13.7. The maximum atomic E-state index is 13.7. The summed E-state index contributed by atoms with van der Waals surface area (Å²) in [5, 5.41) is 2.88. The molecule has 0 fully saturated rings. The number of para-hydroxylation sites is 1. The Hall–Kier alpha value is -3.26. The average Bonchev–Trinajstić information content (AvgIpc) is 3.04. The molecule has 28 heavy (non-hydrogen) atoms. The van der Waals surface area contributed by atoms with Crippen LogP contribution in [-0.2, 0) is 20.9 Å². The van der Waals surface area contributed by atoms with E-state index >= 15 is 0 Å². The van der Waals surface area contributed by atoms with Crippen molar-refractivity contribution in [2.45, 2.75) is 19.6 Å². The van der Waals surface area contributed by atoms with E-state index in [-0.39, 0.29) is 18.1 Å². The summed E-state index contributed by atoms with van der Waals surface area (Å²) in [6.07, 6.45) is -1.28. The fourth-order valence-electron chi connectivity index (χ4n) is 2.65. The first kappa shape index (κ1) is 19.5. The number of rotatable bonds is 6. The minimum atomic E-state index is -1.28. The van der Waals surface area contributed by atoms with Crippen LogP contribution in [0.1, 0.15) is 23.0 Å². The van der Waals surface area contributed by atoms with Crippen LogP contribution in [-0.4, -0.2) is 25.1 Å². The average molecular weight is 389 g/mol. The summed E-state index contributed by atoms with van der Waals surface area (Å²) < 4.78 is 42.7. The molecule has 0 aliphatic heterocycles. The number of halogens is 2. The Labute approximate surface area is 159 Å². The molecule has 1 N–H and O–H groups in total. The van der Waals surface area contributed by atoms with E-state index in [1.165, 1.54) is 14.0 Å². The van der Waals surface area contributed by atoms with E-state index in [0.29, 0.717) is 16.5 Å². The zero-order valence-corrected chi connectivity index (χ0v) is 15.1. The molecule has 0 spiro atoms. The third kappa shape index (κ3) is 4.01. The number of nitrogens with one attached hydrogen (secondary N) is 1. The molecule has 1 amide bonds. The van der Waals surface area contributed by atoms with Gasteiger partial charge < -0.3 is 19.2 Å². The van der Waals surface area contributed by atoms with E-state index in [1.807, 2.05) is 0 Å². The van der Waals surface area contributed by atoms with Crippen LogP contribution in [0.25, 0.3) is 11.0 Å². The molecule has 3 rings (SSSR count). The standard InChI is InChI=1S/C20H17F2NO5/c1-11(19(24)23-16-9-12(21)7-8-15(16)22)27-20(25)18-14(10-26-2)13-5-3-4-6-17(13)28-18/h3-9,11H,10H2,1-2H3,(H,23,24). The SMILES string of the molecule is COCc1c(C(=O)OC(C)C(=O)Nc2cc(F)ccc2F)oc2ccccc12. The Kier molecular flexibility index (Phi) is 5.70. The van der Waals surface area contributed by atoms with Gasteiger partial charge in [-0.25, -0.2) is 13.6 Å². The lowest BCUT2D eigenvalue weighted by molar-refractivity contribution is -0.123. The van der Waals surface area contributed by atoms with Crippen molar-refractivity contribution in [3.8, 4) is 0 Å². The molecule has 0 bridgehead atoms. The summed E-state index contributed by atoms with van der Waals surface area (Å²) in [4.78, 5) is 24.7. The van der Waals surface area contributed by atoms with Crippen molar-refractivity contribution in [3.05, 3.63) is 65.4 Å². The van der Waals surface area contributed by atoms with Crippen LogP contribution in [0.5, 0.6) is 0 Å². The lowest BCUT2D eigenvalue weighted by atomic mass is 10.1. The third-order valence-electron chi connectivity index (χ3n) is 4.01. The first-order valence-electron chi connectivity index (χ1n) is 8.37. The van der Waals surface area contributed by atoms with Gasteiger partial charge in [0.2, 0.25) is 5.76 Å². The van der Waals surface area contributed by atoms with Crippen molar-refractivity contribution in [2.75, 3.05) is 12.4 Å². The van der Waals surface area contributed by atoms with Gasteiger partial charge in [-0.15, -0.1) is 0 Å². The summed E-state index contributed by atoms with van der Waals surface area (Å²) in [5.41, 5.74) is 0.615. The highest BCUT2D eigenvalue weighted by Crippen LogP contribution is 2.27. The Morgan fingerprint density at radius 3 is 2.68 bits per heavy atom. The van der Waals surface area contributed by atoms with Gasteiger partial charge in [0.1, 0.15) is 17.2 Å². The quantitative estimate of drug-likeness (QED) is 0.644. The number of methoxy groups -OCH3 is 1. The number of carbonyl (C=O) groups is 2. The maximum Gasteiger partial charge on any atom is 0.375 e. The minimum Gasteiger partial charge on any atom is -0.449 e. The second-order valence-electron chi connectivity index (χ2n) is 6.00. The summed E-state index contributed by atoms with van der Waals surface area (Å²) in [7, 11) is 1.47. The van der Waals surface area contributed by atoms with Crippen molar-refractivity contribution in [2.24, 2.45) is 0 Å². The number of carbonyl (C=O) groups excluding carboxylic acids is 2. The second kappa shape index (κ2) is 8.18. The largest absolute Gasteiger partial charge is 0.449 e. The molecule has 6 nitrogen and oxygen atoms in total. The third-order valence-corrected chi connectivity index (χ3v) is 4.01. The molecule has 1 unspecified atom stereocenters. The van der Waals surface area contributed by atoms with Crippen molar-refractivity contribution >= 4 is 28.5 Å². The molecular formula is C20H17F2NO5. The summed E-state index contributed by atoms with van der Waals surface area (Å²) >= 11 is 0. The second-order valence-corrected chi connectivity index (χ2v) is 6.00. The highest BCUT2D eigenvalue weighted by atomic mass is 19.1. The Morgan fingerprint density at radius 1 is 1.18 bits per heavy atom. The van der Waals surface area contributed by atoms with E-state index in [0.717, 1.165) is 18.2 Å². The van der Waals surface area contributed by atoms with E-state index in [4.69, 9.17) is 13.9 Å². The van der Waals surface area contributed by atoms with E-state index in [2.05, 4.69) is 5.32 Å². The fraction of sp³-hybridized carbons (Fsp3) is 0.200. The Balaban J connectivity index is 1.77. The number of benzene rings is 2. The predicted octanol–water partition coefficient (Wildman–Crippen LogP) is 4.04. The number of amides is 1. The fourth-order valence-corrected chi connectivity index (χ4v) is 2.65. The molecule has 1 heterocycles. The number of fused-ring (bicyclic) bond motifs is 1. The van der Waals surface area contributed by atoms with Gasteiger partial charge >= 0.3 is 5.97 Å². The number of ether oxygens (including phenoxy) is 2. The number of esters is 1. The van der Waals surface area contributed by atoms with Crippen LogP contribution >= 0.6 is 0 Å². The molecule has 3 aromatic rings. The van der Waals surface area contributed by atoms with Gasteiger partial charge in [0.25, 0.3) is 5.91 Å². The molecule has 0 saturated heterocycles. The molecule has 8 heteroatoms. The van der Waals surface area contributed by atoms with Crippen LogP contribution in [0.3, 0.4) is 0 Å². The summed E-state index contributed by atoms with van der Waals surface area (Å²) in [6, 6.07) is 9.63. The van der Waals surface area contributed by atoms with E-state index in [1.54, 1.807) is 24.3 Å². The van der Waals surface area contributed by atoms with Crippen LogP contribution < -0.4 is 5.32 Å². The van der Waals surface area contributed by atoms with Crippen LogP contribution in [0.15, 0.2) is 46.9 Å². The van der Waals surface area contributed by atoms with Crippen LogP contribution in [0.2, 0.25) is 0 Å². The van der Waals surface area contributed by atoms with E-state index in [9.17, 15) is 18.4 Å². The number of hydrogen-bond donors (Lipinski definition) is 1. The lowest BCUT2D eigenvalue weighted by Gasteiger charge is -2.13. The van der Waals surface area contributed by atoms with Crippen molar-refractivity contribution in [3.63, 3.8) is 0 Å². The number of furan rings is 1. The zero-order chi connectivity index (χ0) is 20.3. The molecule has 0 aliphatic carbocycles. The van der Waals surface area contributed by atoms with Gasteiger partial charge in [0.05, 0.1) is 12.3 Å². The lowest BCUT2D eigenvalue weighted by Crippen LogP contribution is -2.30. The van der Waals surface area contributed by atoms with Crippen molar-refractivity contribution in [1.82, 2.24) is 0 Å². The van der Waals surface area contributed by atoms with Gasteiger partial charge in [-0.2, -0.15) is 0 Å². The van der Waals surface area contributed by atoms with Crippen molar-refractivity contribution in [1.29, 1.82) is 0 Å². The Morgan fingerprint density at radius 2 is 1.93 bits per heavy atom. The molecular weight excluding hydrogens is 372 g/mol. The van der Waals surface area contributed by atoms with Gasteiger partial charge in [-0.05, 0) is 25.1 Å². The highest BCUT2D eigenvalue weighted by Gasteiger charge is 2.26. The van der Waals surface area contributed by atoms with Crippen LogP contribution in [0.4, 0.5) is 14.5 Å². The normalized spacial score (nSPS) is 12.0.